The van der Waals surface area contributed by atoms with Gasteiger partial charge in [-0.2, -0.15) is 0 Å². The molecule has 20 heavy (non-hydrogen) atoms. The van der Waals surface area contributed by atoms with Crippen LogP contribution in [0.2, 0.25) is 0 Å². The van der Waals surface area contributed by atoms with E-state index in [9.17, 15) is 0 Å². The lowest BCUT2D eigenvalue weighted by molar-refractivity contribution is 0.390. The average molecular weight is 291 g/mol. The van der Waals surface area contributed by atoms with Gasteiger partial charge >= 0.3 is 0 Å². The van der Waals surface area contributed by atoms with Gasteiger partial charge in [-0.25, -0.2) is 9.97 Å². The number of aromatic nitrogens is 2. The fourth-order valence-electron chi connectivity index (χ4n) is 2.62. The van der Waals surface area contributed by atoms with Gasteiger partial charge in [-0.05, 0) is 13.8 Å². The zero-order valence-electron chi connectivity index (χ0n) is 12.3. The van der Waals surface area contributed by atoms with E-state index < -0.39 is 0 Å². The third-order valence-corrected chi connectivity index (χ3v) is 4.77. The molecule has 3 rings (SSSR count). The molecule has 0 aromatic carbocycles. The molecule has 1 atom stereocenters. The summed E-state index contributed by atoms with van der Waals surface area (Å²) in [6, 6.07) is 2.08. The molecule has 1 aromatic heterocycles. The van der Waals surface area contributed by atoms with Crippen LogP contribution in [0.1, 0.15) is 18.4 Å². The predicted molar refractivity (Wildman–Crippen MR) is 84.6 cm³/mol. The monoisotopic (exact) mass is 291 g/mol. The van der Waals surface area contributed by atoms with E-state index in [1.807, 2.05) is 25.6 Å². The molecular formula is C14H21N5S. The molecule has 2 aliphatic heterocycles. The topological polar surface area (TPSA) is 44.6 Å². The number of hydrogen-bond acceptors (Lipinski definition) is 6. The standard InChI is InChI=1S/C14H21N5S/c1-10-8-13(17-12(3)16-10)18-4-6-19(7-5-18)14-15-9-11(2)20-14/h8,11H,4-7,9H2,1-3H3/t11-/m1/s1. The third kappa shape index (κ3) is 2.90. The number of aliphatic imine (C=N–C) groups is 1. The molecule has 5 nitrogen and oxygen atoms in total. The summed E-state index contributed by atoms with van der Waals surface area (Å²) in [4.78, 5) is 18.3. The maximum absolute atomic E-state index is 4.63. The summed E-state index contributed by atoms with van der Waals surface area (Å²) in [7, 11) is 0. The molecular weight excluding hydrogens is 270 g/mol. The van der Waals surface area contributed by atoms with Crippen molar-refractivity contribution in [2.75, 3.05) is 37.6 Å². The van der Waals surface area contributed by atoms with Crippen LogP contribution in [0.5, 0.6) is 0 Å². The first-order chi connectivity index (χ1) is 9.61. The van der Waals surface area contributed by atoms with Crippen molar-refractivity contribution in [3.63, 3.8) is 0 Å². The zero-order chi connectivity index (χ0) is 14.1. The van der Waals surface area contributed by atoms with Gasteiger partial charge < -0.3 is 9.80 Å². The first kappa shape index (κ1) is 13.7. The molecule has 6 heteroatoms. The molecule has 0 amide bonds. The van der Waals surface area contributed by atoms with Gasteiger partial charge in [0.15, 0.2) is 5.17 Å². The smallest absolute Gasteiger partial charge is 0.159 e. The highest BCUT2D eigenvalue weighted by Gasteiger charge is 2.25. The summed E-state index contributed by atoms with van der Waals surface area (Å²) >= 11 is 1.91. The number of hydrogen-bond donors (Lipinski definition) is 0. The Morgan fingerprint density at radius 1 is 1.10 bits per heavy atom. The largest absolute Gasteiger partial charge is 0.353 e. The van der Waals surface area contributed by atoms with Crippen LogP contribution in [-0.2, 0) is 0 Å². The molecule has 0 aliphatic carbocycles. The van der Waals surface area contributed by atoms with Crippen LogP contribution in [-0.4, -0.2) is 58.0 Å². The number of piperazine rings is 1. The number of rotatable bonds is 1. The minimum atomic E-state index is 0.634. The summed E-state index contributed by atoms with van der Waals surface area (Å²) < 4.78 is 0. The summed E-state index contributed by atoms with van der Waals surface area (Å²) in [5.74, 6) is 1.91. The van der Waals surface area contributed by atoms with E-state index in [1.165, 1.54) is 5.17 Å². The van der Waals surface area contributed by atoms with Crippen LogP contribution in [0.25, 0.3) is 0 Å². The van der Waals surface area contributed by atoms with E-state index in [2.05, 4.69) is 37.8 Å². The lowest BCUT2D eigenvalue weighted by Crippen LogP contribution is -2.48. The van der Waals surface area contributed by atoms with Crippen molar-refractivity contribution in [2.45, 2.75) is 26.0 Å². The first-order valence-electron chi connectivity index (χ1n) is 7.15. The van der Waals surface area contributed by atoms with E-state index in [0.717, 1.165) is 50.1 Å². The second kappa shape index (κ2) is 5.60. The summed E-state index contributed by atoms with van der Waals surface area (Å²) in [5.41, 5.74) is 1.04. The molecule has 0 radical (unpaired) electrons. The Kier molecular flexibility index (Phi) is 3.83. The Balaban J connectivity index is 1.63. The minimum absolute atomic E-state index is 0.634. The number of thioether (sulfide) groups is 1. The van der Waals surface area contributed by atoms with Gasteiger partial charge in [-0.15, -0.1) is 0 Å². The number of aryl methyl sites for hydroxylation is 2. The molecule has 108 valence electrons. The van der Waals surface area contributed by atoms with Gasteiger partial charge in [0.25, 0.3) is 0 Å². The van der Waals surface area contributed by atoms with E-state index in [1.54, 1.807) is 0 Å². The van der Waals surface area contributed by atoms with Gasteiger partial charge in [0, 0.05) is 43.2 Å². The number of amidine groups is 1. The van der Waals surface area contributed by atoms with E-state index in [-0.39, 0.29) is 0 Å². The maximum atomic E-state index is 4.63. The van der Waals surface area contributed by atoms with Crippen molar-refractivity contribution in [3.05, 3.63) is 17.6 Å². The summed E-state index contributed by atoms with van der Waals surface area (Å²) in [6.07, 6.45) is 0. The van der Waals surface area contributed by atoms with Crippen LogP contribution >= 0.6 is 11.8 Å². The quantitative estimate of drug-likeness (QED) is 0.788. The summed E-state index contributed by atoms with van der Waals surface area (Å²) in [5, 5.41) is 1.86. The highest BCUT2D eigenvalue weighted by Crippen LogP contribution is 2.24. The Morgan fingerprint density at radius 3 is 2.40 bits per heavy atom. The number of anilines is 1. The molecule has 0 bridgehead atoms. The van der Waals surface area contributed by atoms with Crippen LogP contribution < -0.4 is 4.90 Å². The average Bonchev–Trinajstić information content (AvgIpc) is 2.84. The molecule has 2 aliphatic rings. The fraction of sp³-hybridized carbons (Fsp3) is 0.643. The van der Waals surface area contributed by atoms with Crippen LogP contribution in [0.3, 0.4) is 0 Å². The highest BCUT2D eigenvalue weighted by molar-refractivity contribution is 8.14. The lowest BCUT2D eigenvalue weighted by atomic mass is 10.3. The minimum Gasteiger partial charge on any atom is -0.353 e. The molecule has 3 heterocycles. The van der Waals surface area contributed by atoms with Crippen molar-refractivity contribution >= 4 is 22.7 Å². The Morgan fingerprint density at radius 2 is 1.80 bits per heavy atom. The molecule has 0 saturated carbocycles. The van der Waals surface area contributed by atoms with Gasteiger partial charge in [-0.3, -0.25) is 4.99 Å². The van der Waals surface area contributed by atoms with Crippen molar-refractivity contribution < 1.29 is 0 Å². The Bertz CT molecular complexity index is 502. The maximum Gasteiger partial charge on any atom is 0.159 e. The number of nitrogens with zero attached hydrogens (tertiary/aromatic N) is 5. The highest BCUT2D eigenvalue weighted by atomic mass is 32.2. The predicted octanol–water partition coefficient (Wildman–Crippen LogP) is 1.71. The van der Waals surface area contributed by atoms with Crippen molar-refractivity contribution in [2.24, 2.45) is 4.99 Å². The van der Waals surface area contributed by atoms with E-state index in [0.29, 0.717) is 5.25 Å². The Labute approximate surface area is 124 Å². The van der Waals surface area contributed by atoms with E-state index >= 15 is 0 Å². The van der Waals surface area contributed by atoms with Crippen LogP contribution in [0, 0.1) is 13.8 Å². The molecule has 0 N–H and O–H groups in total. The fourth-order valence-corrected chi connectivity index (χ4v) is 3.61. The second-order valence-electron chi connectivity index (χ2n) is 5.44. The Hall–Kier alpha value is -1.30. The molecule has 0 spiro atoms. The van der Waals surface area contributed by atoms with Gasteiger partial charge in [0.2, 0.25) is 0 Å². The third-order valence-electron chi connectivity index (χ3n) is 3.62. The first-order valence-corrected chi connectivity index (χ1v) is 8.03. The van der Waals surface area contributed by atoms with Crippen LogP contribution in [0.4, 0.5) is 5.82 Å². The normalized spacial score (nSPS) is 23.1. The lowest BCUT2D eigenvalue weighted by Gasteiger charge is -2.36. The molecule has 1 saturated heterocycles. The van der Waals surface area contributed by atoms with Crippen molar-refractivity contribution in [3.8, 4) is 0 Å². The molecule has 1 aromatic rings. The molecule has 0 unspecified atom stereocenters. The van der Waals surface area contributed by atoms with Gasteiger partial charge in [-0.1, -0.05) is 18.7 Å². The van der Waals surface area contributed by atoms with Gasteiger partial charge in [0.05, 0.1) is 6.54 Å². The zero-order valence-corrected chi connectivity index (χ0v) is 13.2. The van der Waals surface area contributed by atoms with E-state index in [4.69, 9.17) is 0 Å². The molecule has 1 fully saturated rings. The van der Waals surface area contributed by atoms with Crippen molar-refractivity contribution in [1.29, 1.82) is 0 Å². The summed E-state index contributed by atoms with van der Waals surface area (Å²) in [6.45, 7) is 11.3. The van der Waals surface area contributed by atoms with Crippen molar-refractivity contribution in [1.82, 2.24) is 14.9 Å². The second-order valence-corrected chi connectivity index (χ2v) is 6.85. The van der Waals surface area contributed by atoms with Crippen LogP contribution in [0.15, 0.2) is 11.1 Å². The SMILES string of the molecule is Cc1cc(N2CCN(C3=NC[C@@H](C)S3)CC2)nc(C)n1. The van der Waals surface area contributed by atoms with Gasteiger partial charge in [0.1, 0.15) is 11.6 Å².